The van der Waals surface area contributed by atoms with Crippen molar-refractivity contribution >= 4 is 61.8 Å². The number of fused-ring (bicyclic) bond motifs is 1. The number of hydrogen-bond donors (Lipinski definition) is 1. The monoisotopic (exact) mass is 468 g/mol. The Bertz CT molecular complexity index is 1010. The summed E-state index contributed by atoms with van der Waals surface area (Å²) in [5.41, 5.74) is 1.01. The average molecular weight is 469 g/mol. The van der Waals surface area contributed by atoms with E-state index in [1.807, 2.05) is 48.2 Å². The van der Waals surface area contributed by atoms with Crippen LogP contribution in [0.4, 0.5) is 5.69 Å². The lowest BCUT2D eigenvalue weighted by molar-refractivity contribution is -0.122. The van der Waals surface area contributed by atoms with Crippen molar-refractivity contribution in [2.24, 2.45) is 0 Å². The Balaban J connectivity index is 1.73. The number of amides is 1. The summed E-state index contributed by atoms with van der Waals surface area (Å²) in [7, 11) is -3.98. The minimum absolute atomic E-state index is 0.0747. The molecule has 1 N–H and O–H groups in total. The molecule has 2 aliphatic rings. The second-order valence-corrected chi connectivity index (χ2v) is 10.5. The number of hydrogen-bond acceptors (Lipinski definition) is 7. The van der Waals surface area contributed by atoms with E-state index in [-0.39, 0.29) is 11.7 Å². The lowest BCUT2D eigenvalue weighted by Crippen LogP contribution is -2.27. The Kier molecular flexibility index (Phi) is 7.23. The van der Waals surface area contributed by atoms with Crippen LogP contribution >= 0.6 is 35.7 Å². The van der Waals surface area contributed by atoms with Gasteiger partial charge in [-0.05, 0) is 37.6 Å². The second-order valence-electron chi connectivity index (χ2n) is 6.20. The van der Waals surface area contributed by atoms with E-state index >= 15 is 0 Å². The molecule has 0 saturated carbocycles. The predicted octanol–water partition coefficient (Wildman–Crippen LogP) is 4.04. The number of para-hydroxylation sites is 1. The fourth-order valence-electron chi connectivity index (χ4n) is 2.88. The van der Waals surface area contributed by atoms with Gasteiger partial charge in [-0.3, -0.25) is 14.2 Å². The minimum atomic E-state index is -3.98. The van der Waals surface area contributed by atoms with Crippen molar-refractivity contribution in [1.82, 2.24) is 4.90 Å². The number of nitrogens with zero attached hydrogens (tertiary/aromatic N) is 2. The Morgan fingerprint density at radius 1 is 1.14 bits per heavy atom. The third-order valence-electron chi connectivity index (χ3n) is 4.21. The number of thiocarbonyl (C=S) groups is 1. The van der Waals surface area contributed by atoms with Gasteiger partial charge >= 0.3 is 0 Å². The Morgan fingerprint density at radius 3 is 2.55 bits per heavy atom. The summed E-state index contributed by atoms with van der Waals surface area (Å²) < 4.78 is 31.6. The smallest absolute Gasteiger partial charge is 0.266 e. The molecule has 2 aliphatic heterocycles. The lowest BCUT2D eigenvalue weighted by Gasteiger charge is -2.19. The van der Waals surface area contributed by atoms with E-state index < -0.39 is 10.1 Å². The minimum Gasteiger partial charge on any atom is -0.335 e. The van der Waals surface area contributed by atoms with Crippen LogP contribution in [0.1, 0.15) is 13.3 Å². The van der Waals surface area contributed by atoms with Gasteiger partial charge in [0.1, 0.15) is 4.32 Å². The van der Waals surface area contributed by atoms with Crippen LogP contribution in [0.2, 0.25) is 0 Å². The normalized spacial score (nSPS) is 19.9. The Morgan fingerprint density at radius 2 is 1.86 bits per heavy atom. The van der Waals surface area contributed by atoms with Crippen molar-refractivity contribution < 1.29 is 17.8 Å². The van der Waals surface area contributed by atoms with Crippen molar-refractivity contribution in [1.29, 1.82) is 0 Å². The lowest BCUT2D eigenvalue weighted by atomic mass is 10.3. The maximum absolute atomic E-state index is 12.2. The number of allylic oxidation sites excluding steroid dienone is 4. The molecule has 1 saturated heterocycles. The van der Waals surface area contributed by atoms with Gasteiger partial charge in [-0.1, -0.05) is 60.0 Å². The van der Waals surface area contributed by atoms with E-state index in [0.717, 1.165) is 15.6 Å². The third-order valence-corrected chi connectivity index (χ3v) is 7.54. The summed E-state index contributed by atoms with van der Waals surface area (Å²) >= 11 is 8.09. The third kappa shape index (κ3) is 5.52. The molecule has 0 aliphatic carbocycles. The number of rotatable bonds is 7. The molecule has 1 amide bonds. The largest absolute Gasteiger partial charge is 0.335 e. The Hall–Kier alpha value is -1.59. The number of carbonyl (C=O) groups excluding carboxylic acids is 1. The molecule has 0 unspecified atom stereocenters. The number of anilines is 1. The van der Waals surface area contributed by atoms with Crippen molar-refractivity contribution in [3.63, 3.8) is 0 Å². The second kappa shape index (κ2) is 9.48. The first-order valence-corrected chi connectivity index (χ1v) is 12.6. The fourth-order valence-corrected chi connectivity index (χ4v) is 5.81. The van der Waals surface area contributed by atoms with Gasteiger partial charge in [0.05, 0.1) is 21.4 Å². The van der Waals surface area contributed by atoms with E-state index in [2.05, 4.69) is 0 Å². The molecule has 1 fully saturated rings. The van der Waals surface area contributed by atoms with Crippen LogP contribution in [-0.4, -0.2) is 46.9 Å². The zero-order valence-corrected chi connectivity index (χ0v) is 18.9. The van der Waals surface area contributed by atoms with Gasteiger partial charge in [-0.25, -0.2) is 0 Å². The molecular weight excluding hydrogens is 448 g/mol. The van der Waals surface area contributed by atoms with Crippen LogP contribution in [-0.2, 0) is 14.9 Å². The SMILES string of the molecule is CCN1C(=O)/C(=C/C=C/C=C2\Sc3ccccc3N2CCCS(=O)(=O)O)SC1=S. The highest BCUT2D eigenvalue weighted by atomic mass is 32.2. The summed E-state index contributed by atoms with van der Waals surface area (Å²) in [6, 6.07) is 7.88. The van der Waals surface area contributed by atoms with Crippen LogP contribution < -0.4 is 4.90 Å². The van der Waals surface area contributed by atoms with E-state index in [1.54, 1.807) is 28.8 Å². The standard InChI is InChI=1S/C19H20N2O4S4/c1-2-20-18(22)16(28-19(20)26)10-5-6-11-17-21(12-7-13-29(23,24)25)14-8-3-4-9-15(14)27-17/h3-6,8-11H,2,7,12-13H2,1H3,(H,23,24,25)/b6-5+,16-10-,17-11-. The molecule has 0 bridgehead atoms. The highest BCUT2D eigenvalue weighted by Crippen LogP contribution is 2.45. The first kappa shape index (κ1) is 22.1. The average Bonchev–Trinajstić information content (AvgIpc) is 3.14. The molecule has 0 spiro atoms. The van der Waals surface area contributed by atoms with Gasteiger partial charge in [0.25, 0.3) is 16.0 Å². The summed E-state index contributed by atoms with van der Waals surface area (Å²) in [5, 5.41) is 0.951. The molecule has 0 aromatic heterocycles. The number of carbonyl (C=O) groups is 1. The van der Waals surface area contributed by atoms with Gasteiger partial charge in [-0.2, -0.15) is 8.42 Å². The van der Waals surface area contributed by atoms with E-state index in [0.29, 0.717) is 28.7 Å². The molecule has 10 heteroatoms. The van der Waals surface area contributed by atoms with Crippen LogP contribution in [0.5, 0.6) is 0 Å². The number of benzene rings is 1. The summed E-state index contributed by atoms with van der Waals surface area (Å²) in [5.74, 6) is -0.354. The van der Waals surface area contributed by atoms with Gasteiger partial charge in [-0.15, -0.1) is 0 Å². The highest BCUT2D eigenvalue weighted by Gasteiger charge is 2.30. The zero-order valence-electron chi connectivity index (χ0n) is 15.6. The molecule has 1 aromatic carbocycles. The Labute approximate surface area is 184 Å². The van der Waals surface area contributed by atoms with Crippen LogP contribution in [0, 0.1) is 0 Å². The van der Waals surface area contributed by atoms with Crippen LogP contribution in [0.15, 0.2) is 63.4 Å². The molecule has 0 radical (unpaired) electrons. The summed E-state index contributed by atoms with van der Waals surface area (Å²) in [4.78, 5) is 17.5. The molecule has 3 rings (SSSR count). The maximum Gasteiger partial charge on any atom is 0.266 e. The predicted molar refractivity (Wildman–Crippen MR) is 124 cm³/mol. The number of likely N-dealkylation sites (N-methyl/N-ethyl adjacent to an activating group) is 1. The zero-order chi connectivity index (χ0) is 21.0. The highest BCUT2D eigenvalue weighted by molar-refractivity contribution is 8.26. The van der Waals surface area contributed by atoms with Crippen molar-refractivity contribution in [3.8, 4) is 0 Å². The van der Waals surface area contributed by atoms with Crippen molar-refractivity contribution in [3.05, 3.63) is 58.5 Å². The summed E-state index contributed by atoms with van der Waals surface area (Å²) in [6.45, 7) is 2.92. The number of thioether (sulfide) groups is 2. The van der Waals surface area contributed by atoms with Crippen molar-refractivity contribution in [2.75, 3.05) is 23.7 Å². The van der Waals surface area contributed by atoms with E-state index in [4.69, 9.17) is 16.8 Å². The molecule has 2 heterocycles. The first-order chi connectivity index (χ1) is 13.8. The molecule has 29 heavy (non-hydrogen) atoms. The molecular formula is C19H20N2O4S4. The molecule has 6 nitrogen and oxygen atoms in total. The van der Waals surface area contributed by atoms with Gasteiger partial charge in [0, 0.05) is 18.0 Å². The van der Waals surface area contributed by atoms with Gasteiger partial charge in [0.2, 0.25) is 0 Å². The van der Waals surface area contributed by atoms with E-state index in [1.165, 1.54) is 11.8 Å². The van der Waals surface area contributed by atoms with Gasteiger partial charge in [0.15, 0.2) is 0 Å². The van der Waals surface area contributed by atoms with Crippen LogP contribution in [0.25, 0.3) is 0 Å². The first-order valence-electron chi connectivity index (χ1n) is 8.92. The molecule has 1 aromatic rings. The van der Waals surface area contributed by atoms with Crippen LogP contribution in [0.3, 0.4) is 0 Å². The van der Waals surface area contributed by atoms with E-state index in [9.17, 15) is 13.2 Å². The quantitative estimate of drug-likeness (QED) is 0.365. The fraction of sp³-hybridized carbons (Fsp3) is 0.263. The molecule has 154 valence electrons. The van der Waals surface area contributed by atoms with Crippen molar-refractivity contribution in [2.45, 2.75) is 18.2 Å². The maximum atomic E-state index is 12.2. The topological polar surface area (TPSA) is 77.9 Å². The molecule has 0 atom stereocenters. The van der Waals surface area contributed by atoms with Gasteiger partial charge < -0.3 is 4.90 Å². The summed E-state index contributed by atoms with van der Waals surface area (Å²) in [6.07, 6.45) is 7.64.